The van der Waals surface area contributed by atoms with Crippen LogP contribution in [-0.4, -0.2) is 36.6 Å². The van der Waals surface area contributed by atoms with E-state index in [2.05, 4.69) is 24.2 Å². The molecule has 1 N–H and O–H groups in total. The molecule has 3 atom stereocenters. The highest BCUT2D eigenvalue weighted by molar-refractivity contribution is 4.98. The third-order valence-corrected chi connectivity index (χ3v) is 6.18. The van der Waals surface area contributed by atoms with Crippen LogP contribution < -0.4 is 5.32 Å². The van der Waals surface area contributed by atoms with Gasteiger partial charge in [0.15, 0.2) is 0 Å². The number of nitrogens with zero attached hydrogens (tertiary/aromatic N) is 1. The first-order valence-corrected chi connectivity index (χ1v) is 8.75. The molecule has 2 heteroatoms. The molecule has 3 unspecified atom stereocenters. The summed E-state index contributed by atoms with van der Waals surface area (Å²) in [6.07, 6.45) is 13.1. The fourth-order valence-corrected chi connectivity index (χ4v) is 5.09. The van der Waals surface area contributed by atoms with E-state index in [1.807, 2.05) is 0 Å². The summed E-state index contributed by atoms with van der Waals surface area (Å²) in [5.41, 5.74) is 0. The fourth-order valence-electron chi connectivity index (χ4n) is 5.09. The van der Waals surface area contributed by atoms with Gasteiger partial charge in [0.05, 0.1) is 0 Å². The maximum absolute atomic E-state index is 3.95. The maximum atomic E-state index is 3.95. The predicted molar refractivity (Wildman–Crippen MR) is 81.3 cm³/mol. The molecule has 2 saturated heterocycles. The van der Waals surface area contributed by atoms with Gasteiger partial charge < -0.3 is 10.2 Å². The Morgan fingerprint density at radius 2 is 1.63 bits per heavy atom. The average Bonchev–Trinajstić information content (AvgIpc) is 2.98. The largest absolute Gasteiger partial charge is 0.313 e. The highest BCUT2D eigenvalue weighted by Gasteiger charge is 2.42. The Labute approximate surface area is 119 Å². The minimum absolute atomic E-state index is 0.833. The van der Waals surface area contributed by atoms with E-state index in [-0.39, 0.29) is 0 Å². The van der Waals surface area contributed by atoms with E-state index in [4.69, 9.17) is 0 Å². The summed E-state index contributed by atoms with van der Waals surface area (Å²) in [5, 5.41) is 3.95. The zero-order valence-corrected chi connectivity index (χ0v) is 12.9. The molecule has 0 spiro atoms. The van der Waals surface area contributed by atoms with E-state index in [0.717, 1.165) is 30.0 Å². The zero-order chi connectivity index (χ0) is 13.2. The molecule has 3 rings (SSSR count). The van der Waals surface area contributed by atoms with Crippen LogP contribution in [0.1, 0.15) is 64.7 Å². The molecule has 2 heterocycles. The molecule has 1 aliphatic carbocycles. The van der Waals surface area contributed by atoms with Crippen LogP contribution in [0.25, 0.3) is 0 Å². The molecular weight excluding hydrogens is 232 g/mol. The van der Waals surface area contributed by atoms with Crippen LogP contribution in [0.15, 0.2) is 0 Å². The van der Waals surface area contributed by atoms with E-state index in [9.17, 15) is 0 Å². The van der Waals surface area contributed by atoms with Crippen LogP contribution >= 0.6 is 0 Å². The summed E-state index contributed by atoms with van der Waals surface area (Å²) < 4.78 is 0. The molecule has 2 nitrogen and oxygen atoms in total. The van der Waals surface area contributed by atoms with Crippen LogP contribution in [0.4, 0.5) is 0 Å². The predicted octanol–water partition coefficient (Wildman–Crippen LogP) is 3.42. The van der Waals surface area contributed by atoms with Crippen molar-refractivity contribution < 1.29 is 0 Å². The second-order valence-corrected chi connectivity index (χ2v) is 7.31. The van der Waals surface area contributed by atoms with Crippen molar-refractivity contribution in [3.63, 3.8) is 0 Å². The Kier molecular flexibility index (Phi) is 4.48. The van der Waals surface area contributed by atoms with Crippen molar-refractivity contribution >= 4 is 0 Å². The number of hydrogen-bond acceptors (Lipinski definition) is 2. The third kappa shape index (κ3) is 2.85. The van der Waals surface area contributed by atoms with E-state index >= 15 is 0 Å². The smallest absolute Gasteiger partial charge is 0.0125 e. The van der Waals surface area contributed by atoms with Gasteiger partial charge in [-0.2, -0.15) is 0 Å². The van der Waals surface area contributed by atoms with Gasteiger partial charge in [0.2, 0.25) is 0 Å². The standard InChI is InChI=1S/C17H32N2/c1-3-10-18-17(13-6-4-5-7-13)14-11-15-8-9-16(12-14)19(15)2/h13-18H,3-12H2,1-2H3. The molecule has 1 saturated carbocycles. The second kappa shape index (κ2) is 6.13. The van der Waals surface area contributed by atoms with Crippen molar-refractivity contribution in [3.05, 3.63) is 0 Å². The van der Waals surface area contributed by atoms with Crippen LogP contribution in [0.3, 0.4) is 0 Å². The lowest BCUT2D eigenvalue weighted by Crippen LogP contribution is -2.49. The number of hydrogen-bond donors (Lipinski definition) is 1. The number of nitrogens with one attached hydrogen (secondary N) is 1. The van der Waals surface area contributed by atoms with Gasteiger partial charge in [-0.25, -0.2) is 0 Å². The van der Waals surface area contributed by atoms with Gasteiger partial charge in [-0.15, -0.1) is 0 Å². The maximum Gasteiger partial charge on any atom is 0.0125 e. The SMILES string of the molecule is CCCNC(C1CCCC1)C1CC2CCC(C1)N2C. The summed E-state index contributed by atoms with van der Waals surface area (Å²) in [6.45, 7) is 3.53. The second-order valence-electron chi connectivity index (χ2n) is 7.31. The fraction of sp³-hybridized carbons (Fsp3) is 1.00. The van der Waals surface area contributed by atoms with Crippen molar-refractivity contribution in [2.45, 2.75) is 82.8 Å². The van der Waals surface area contributed by atoms with E-state index in [0.29, 0.717) is 0 Å². The normalized spacial score (nSPS) is 37.9. The van der Waals surface area contributed by atoms with E-state index in [1.165, 1.54) is 64.3 Å². The van der Waals surface area contributed by atoms with Crippen LogP contribution in [0.5, 0.6) is 0 Å². The Morgan fingerprint density at radius 3 is 2.21 bits per heavy atom. The van der Waals surface area contributed by atoms with Gasteiger partial charge in [0, 0.05) is 18.1 Å². The monoisotopic (exact) mass is 264 g/mol. The minimum Gasteiger partial charge on any atom is -0.313 e. The van der Waals surface area contributed by atoms with E-state index < -0.39 is 0 Å². The highest BCUT2D eigenvalue weighted by Crippen LogP contribution is 2.42. The summed E-state index contributed by atoms with van der Waals surface area (Å²) in [6, 6.07) is 2.63. The summed E-state index contributed by atoms with van der Waals surface area (Å²) in [4.78, 5) is 2.68. The Morgan fingerprint density at radius 1 is 1.00 bits per heavy atom. The van der Waals surface area contributed by atoms with Crippen molar-refractivity contribution in [1.29, 1.82) is 0 Å². The van der Waals surface area contributed by atoms with Gasteiger partial charge in [0.1, 0.15) is 0 Å². The lowest BCUT2D eigenvalue weighted by Gasteiger charge is -2.42. The first-order valence-electron chi connectivity index (χ1n) is 8.75. The molecule has 0 aromatic heterocycles. The van der Waals surface area contributed by atoms with Crippen molar-refractivity contribution in [2.24, 2.45) is 11.8 Å². The molecule has 0 aromatic rings. The summed E-state index contributed by atoms with van der Waals surface area (Å²) in [5.74, 6) is 1.95. The van der Waals surface area contributed by atoms with Gasteiger partial charge in [-0.05, 0) is 70.4 Å². The van der Waals surface area contributed by atoms with Crippen LogP contribution in [-0.2, 0) is 0 Å². The van der Waals surface area contributed by atoms with Gasteiger partial charge >= 0.3 is 0 Å². The van der Waals surface area contributed by atoms with Crippen molar-refractivity contribution in [1.82, 2.24) is 10.2 Å². The lowest BCUT2D eigenvalue weighted by atomic mass is 9.78. The number of rotatable bonds is 5. The average molecular weight is 264 g/mol. The molecule has 2 bridgehead atoms. The first kappa shape index (κ1) is 13.9. The molecule has 2 aliphatic heterocycles. The summed E-state index contributed by atoms with van der Waals surface area (Å²) >= 11 is 0. The summed E-state index contributed by atoms with van der Waals surface area (Å²) in [7, 11) is 2.36. The molecule has 0 amide bonds. The van der Waals surface area contributed by atoms with Crippen LogP contribution in [0, 0.1) is 11.8 Å². The zero-order valence-electron chi connectivity index (χ0n) is 12.9. The third-order valence-electron chi connectivity index (χ3n) is 6.18. The molecule has 19 heavy (non-hydrogen) atoms. The number of piperidine rings is 1. The minimum atomic E-state index is 0.833. The lowest BCUT2D eigenvalue weighted by molar-refractivity contribution is 0.0957. The molecule has 0 radical (unpaired) electrons. The molecule has 3 fully saturated rings. The van der Waals surface area contributed by atoms with Crippen LogP contribution in [0.2, 0.25) is 0 Å². The number of fused-ring (bicyclic) bond motifs is 2. The van der Waals surface area contributed by atoms with Gasteiger partial charge in [0.25, 0.3) is 0 Å². The molecule has 110 valence electrons. The Bertz CT molecular complexity index is 271. The quantitative estimate of drug-likeness (QED) is 0.818. The first-order chi connectivity index (χ1) is 9.29. The molecule has 0 aromatic carbocycles. The highest BCUT2D eigenvalue weighted by atomic mass is 15.2. The van der Waals surface area contributed by atoms with E-state index in [1.54, 1.807) is 0 Å². The van der Waals surface area contributed by atoms with Crippen molar-refractivity contribution in [2.75, 3.05) is 13.6 Å². The van der Waals surface area contributed by atoms with Gasteiger partial charge in [-0.3, -0.25) is 0 Å². The topological polar surface area (TPSA) is 15.3 Å². The Hall–Kier alpha value is -0.0800. The van der Waals surface area contributed by atoms with Crippen molar-refractivity contribution in [3.8, 4) is 0 Å². The molecular formula is C17H32N2. The molecule has 3 aliphatic rings. The van der Waals surface area contributed by atoms with Gasteiger partial charge in [-0.1, -0.05) is 19.8 Å². The Balaban J connectivity index is 1.65.